The third kappa shape index (κ3) is 2.83. The Bertz CT molecular complexity index is 604. The number of nitrogens with one attached hydrogen (secondary N) is 1. The fraction of sp³-hybridized carbons (Fsp3) is 0.0769. The van der Waals surface area contributed by atoms with Crippen molar-refractivity contribution in [1.29, 1.82) is 0 Å². The van der Waals surface area contributed by atoms with Gasteiger partial charge in [-0.15, -0.1) is 0 Å². The van der Waals surface area contributed by atoms with Gasteiger partial charge in [-0.25, -0.2) is 9.97 Å². The summed E-state index contributed by atoms with van der Waals surface area (Å²) in [5.41, 5.74) is 0.896. The van der Waals surface area contributed by atoms with Crippen molar-refractivity contribution in [3.63, 3.8) is 0 Å². The molecule has 0 radical (unpaired) electrons. The molecule has 1 aromatic carbocycles. The summed E-state index contributed by atoms with van der Waals surface area (Å²) in [7, 11) is 0. The number of hydrogen-bond donors (Lipinski definition) is 1. The molecule has 0 fully saturated rings. The average Bonchev–Trinajstić information content (AvgIpc) is 2.92. The van der Waals surface area contributed by atoms with Gasteiger partial charge in [-0.3, -0.25) is 0 Å². The van der Waals surface area contributed by atoms with E-state index in [1.807, 2.05) is 30.3 Å². The van der Waals surface area contributed by atoms with Crippen LogP contribution in [0.4, 0.5) is 5.82 Å². The van der Waals surface area contributed by atoms with Crippen LogP contribution in [-0.4, -0.2) is 16.2 Å². The lowest BCUT2D eigenvalue weighted by atomic mass is 10.2. The molecule has 0 saturated heterocycles. The van der Waals surface area contributed by atoms with Crippen molar-refractivity contribution in [3.8, 4) is 11.4 Å². The van der Waals surface area contributed by atoms with Crippen LogP contribution in [0.2, 0.25) is 5.15 Å². The Morgan fingerprint density at radius 2 is 2.00 bits per heavy atom. The fourth-order valence-corrected chi connectivity index (χ4v) is 1.84. The van der Waals surface area contributed by atoms with E-state index in [-0.39, 0.29) is 6.23 Å². The van der Waals surface area contributed by atoms with E-state index in [0.717, 1.165) is 5.56 Å². The number of anilines is 1. The summed E-state index contributed by atoms with van der Waals surface area (Å²) < 4.78 is 0. The Labute approximate surface area is 114 Å². The second kappa shape index (κ2) is 5.26. The first-order valence-electron chi connectivity index (χ1n) is 5.66. The van der Waals surface area contributed by atoms with Gasteiger partial charge in [0.05, 0.1) is 0 Å². The highest BCUT2D eigenvalue weighted by Gasteiger charge is 2.13. The molecule has 96 valence electrons. The average molecular weight is 276 g/mol. The number of hydrogen-bond acceptors (Lipinski definition) is 5. The van der Waals surface area contributed by atoms with Crippen LogP contribution in [0.3, 0.4) is 0 Å². The molecule has 5 nitrogen and oxygen atoms in total. The Morgan fingerprint density at radius 1 is 1.16 bits per heavy atom. The van der Waals surface area contributed by atoms with Crippen molar-refractivity contribution in [3.05, 3.63) is 53.9 Å². The molecule has 0 spiro atoms. The smallest absolute Gasteiger partial charge is 0.197 e. The molecule has 1 aliphatic rings. The maximum absolute atomic E-state index is 6.00. The zero-order valence-corrected chi connectivity index (χ0v) is 10.5. The molecule has 1 N–H and O–H groups in total. The van der Waals surface area contributed by atoms with Crippen LogP contribution in [0.1, 0.15) is 0 Å². The first-order valence-corrected chi connectivity index (χ1v) is 6.04. The largest absolute Gasteiger partial charge is 0.343 e. The standard InChI is InChI=1S/C13H10ClN3O2/c14-10-8-11(16-12-6-7-18-19-12)17-13(15-10)9-4-2-1-3-5-9/h1-8,12H,(H,15,16,17). The molecular weight excluding hydrogens is 266 g/mol. The highest BCUT2D eigenvalue weighted by molar-refractivity contribution is 6.29. The van der Waals surface area contributed by atoms with E-state index in [4.69, 9.17) is 16.5 Å². The van der Waals surface area contributed by atoms with Crippen molar-refractivity contribution in [2.75, 3.05) is 5.32 Å². The third-order valence-corrected chi connectivity index (χ3v) is 2.68. The maximum Gasteiger partial charge on any atom is 0.197 e. The van der Waals surface area contributed by atoms with Gasteiger partial charge in [0.25, 0.3) is 0 Å². The zero-order chi connectivity index (χ0) is 13.1. The van der Waals surface area contributed by atoms with Crippen LogP contribution >= 0.6 is 11.6 Å². The predicted molar refractivity (Wildman–Crippen MR) is 71.2 cm³/mol. The van der Waals surface area contributed by atoms with Crippen molar-refractivity contribution in [1.82, 2.24) is 9.97 Å². The molecule has 0 amide bonds. The molecule has 3 rings (SSSR count). The minimum absolute atomic E-state index is 0.360. The lowest BCUT2D eigenvalue weighted by molar-refractivity contribution is -0.245. The van der Waals surface area contributed by atoms with Gasteiger partial charge in [0.15, 0.2) is 12.1 Å². The maximum atomic E-state index is 6.00. The fourth-order valence-electron chi connectivity index (χ4n) is 1.65. The van der Waals surface area contributed by atoms with Crippen LogP contribution in [0.5, 0.6) is 0 Å². The second-order valence-corrected chi connectivity index (χ2v) is 4.24. The summed E-state index contributed by atoms with van der Waals surface area (Å²) in [6.45, 7) is 0. The molecule has 2 aromatic rings. The molecule has 0 saturated carbocycles. The van der Waals surface area contributed by atoms with Crippen molar-refractivity contribution in [2.24, 2.45) is 0 Å². The van der Waals surface area contributed by atoms with Gasteiger partial charge in [-0.05, 0) is 0 Å². The van der Waals surface area contributed by atoms with Crippen LogP contribution in [0.25, 0.3) is 11.4 Å². The molecule has 0 aliphatic carbocycles. The van der Waals surface area contributed by atoms with E-state index >= 15 is 0 Å². The van der Waals surface area contributed by atoms with E-state index in [1.165, 1.54) is 6.26 Å². The van der Waals surface area contributed by atoms with Gasteiger partial charge in [-0.1, -0.05) is 41.9 Å². The van der Waals surface area contributed by atoms with Gasteiger partial charge < -0.3 is 10.2 Å². The first-order chi connectivity index (χ1) is 9.31. The van der Waals surface area contributed by atoms with Gasteiger partial charge in [0.1, 0.15) is 17.2 Å². The summed E-state index contributed by atoms with van der Waals surface area (Å²) in [6, 6.07) is 11.2. The van der Waals surface area contributed by atoms with Crippen LogP contribution in [0.15, 0.2) is 48.7 Å². The molecule has 0 bridgehead atoms. The number of aromatic nitrogens is 2. The topological polar surface area (TPSA) is 56.3 Å². The molecule has 19 heavy (non-hydrogen) atoms. The Morgan fingerprint density at radius 3 is 2.74 bits per heavy atom. The van der Waals surface area contributed by atoms with E-state index in [9.17, 15) is 0 Å². The van der Waals surface area contributed by atoms with Crippen LogP contribution < -0.4 is 5.32 Å². The first kappa shape index (κ1) is 12.0. The van der Waals surface area contributed by atoms with Crippen LogP contribution in [0, 0.1) is 0 Å². The quantitative estimate of drug-likeness (QED) is 0.689. The Kier molecular flexibility index (Phi) is 3.31. The summed E-state index contributed by atoms with van der Waals surface area (Å²) in [6.07, 6.45) is 2.80. The SMILES string of the molecule is Clc1cc(NC2C=COO2)nc(-c2ccccc2)n1. The highest BCUT2D eigenvalue weighted by Crippen LogP contribution is 2.21. The van der Waals surface area contributed by atoms with Crippen molar-refractivity contribution in [2.45, 2.75) is 6.23 Å². The third-order valence-electron chi connectivity index (χ3n) is 2.49. The second-order valence-electron chi connectivity index (χ2n) is 3.85. The molecule has 6 heteroatoms. The molecule has 1 aromatic heterocycles. The number of rotatable bonds is 3. The highest BCUT2D eigenvalue weighted by atomic mass is 35.5. The van der Waals surface area contributed by atoms with Gasteiger partial charge in [-0.2, -0.15) is 4.89 Å². The molecule has 1 atom stereocenters. The number of nitrogens with zero attached hydrogens (tertiary/aromatic N) is 2. The lowest BCUT2D eigenvalue weighted by Gasteiger charge is -2.10. The minimum atomic E-state index is -0.380. The molecule has 1 aliphatic heterocycles. The zero-order valence-electron chi connectivity index (χ0n) is 9.79. The molecule has 2 heterocycles. The van der Waals surface area contributed by atoms with E-state index in [0.29, 0.717) is 16.8 Å². The minimum Gasteiger partial charge on any atom is -0.343 e. The van der Waals surface area contributed by atoms with Gasteiger partial charge in [0, 0.05) is 17.7 Å². The predicted octanol–water partition coefficient (Wildman–Crippen LogP) is 3.01. The number of benzene rings is 1. The van der Waals surface area contributed by atoms with E-state index < -0.39 is 0 Å². The molecule has 1 unspecified atom stereocenters. The van der Waals surface area contributed by atoms with Gasteiger partial charge >= 0.3 is 0 Å². The molecular formula is C13H10ClN3O2. The van der Waals surface area contributed by atoms with Gasteiger partial charge in [0.2, 0.25) is 0 Å². The summed E-state index contributed by atoms with van der Waals surface area (Å²) >= 11 is 6.00. The van der Waals surface area contributed by atoms with E-state index in [1.54, 1.807) is 12.1 Å². The Balaban J connectivity index is 1.89. The van der Waals surface area contributed by atoms with Crippen molar-refractivity contribution >= 4 is 17.4 Å². The summed E-state index contributed by atoms with van der Waals surface area (Å²) in [5.74, 6) is 1.12. The van der Waals surface area contributed by atoms with Crippen molar-refractivity contribution < 1.29 is 9.78 Å². The summed E-state index contributed by atoms with van der Waals surface area (Å²) in [5, 5.41) is 3.38. The monoisotopic (exact) mass is 275 g/mol. The van der Waals surface area contributed by atoms with E-state index in [2.05, 4.69) is 20.2 Å². The normalized spacial score (nSPS) is 17.2. The number of halogens is 1. The van der Waals surface area contributed by atoms with Crippen LogP contribution in [-0.2, 0) is 9.78 Å². The summed E-state index contributed by atoms with van der Waals surface area (Å²) in [4.78, 5) is 18.2. The Hall–Kier alpha value is -2.11. The lowest BCUT2D eigenvalue weighted by Crippen LogP contribution is -2.17.